The lowest BCUT2D eigenvalue weighted by Crippen LogP contribution is -2.13. The Morgan fingerprint density at radius 2 is 1.79 bits per heavy atom. The van der Waals surface area contributed by atoms with Gasteiger partial charge in [-0.2, -0.15) is 5.26 Å². The van der Waals surface area contributed by atoms with Gasteiger partial charge in [0.05, 0.1) is 0 Å². The molecule has 2 aromatic carbocycles. The van der Waals surface area contributed by atoms with E-state index in [1.165, 1.54) is 6.08 Å². The first kappa shape index (κ1) is 16.8. The SMILES string of the molecule is N#C/C(=C/c1ccccc1OCC(=O)O)C(=O)Nc1ccccc1. The molecule has 0 unspecified atom stereocenters. The number of ether oxygens (including phenoxy) is 1. The quantitative estimate of drug-likeness (QED) is 0.629. The summed E-state index contributed by atoms with van der Waals surface area (Å²) in [6.45, 7) is -0.511. The molecule has 0 radical (unpaired) electrons. The molecule has 0 saturated carbocycles. The van der Waals surface area contributed by atoms with Crippen LogP contribution in [0.4, 0.5) is 5.69 Å². The van der Waals surface area contributed by atoms with Crippen molar-refractivity contribution < 1.29 is 19.4 Å². The minimum atomic E-state index is -1.11. The summed E-state index contributed by atoms with van der Waals surface area (Å²) in [6, 6.07) is 17.2. The van der Waals surface area contributed by atoms with Crippen LogP contribution in [0.2, 0.25) is 0 Å². The average molecular weight is 322 g/mol. The van der Waals surface area contributed by atoms with Gasteiger partial charge in [0.15, 0.2) is 6.61 Å². The van der Waals surface area contributed by atoms with E-state index in [0.717, 1.165) is 0 Å². The molecule has 6 nitrogen and oxygen atoms in total. The summed E-state index contributed by atoms with van der Waals surface area (Å²) in [6.07, 6.45) is 1.36. The lowest BCUT2D eigenvalue weighted by atomic mass is 10.1. The normalized spacial score (nSPS) is 10.5. The Bertz CT molecular complexity index is 807. The Morgan fingerprint density at radius 1 is 1.12 bits per heavy atom. The second-order valence-electron chi connectivity index (χ2n) is 4.71. The molecule has 0 heterocycles. The third-order valence-electron chi connectivity index (χ3n) is 2.97. The molecule has 0 atom stereocenters. The largest absolute Gasteiger partial charge is 0.481 e. The zero-order valence-electron chi connectivity index (χ0n) is 12.6. The molecule has 2 rings (SSSR count). The van der Waals surface area contributed by atoms with Crippen LogP contribution >= 0.6 is 0 Å². The number of anilines is 1. The van der Waals surface area contributed by atoms with E-state index in [4.69, 9.17) is 9.84 Å². The van der Waals surface area contributed by atoms with Crippen molar-refractivity contribution in [3.8, 4) is 11.8 Å². The summed E-state index contributed by atoms with van der Waals surface area (Å²) in [5.41, 5.74) is 0.891. The van der Waals surface area contributed by atoms with Crippen LogP contribution in [0.1, 0.15) is 5.56 Å². The highest BCUT2D eigenvalue weighted by Gasteiger charge is 2.11. The number of carbonyl (C=O) groups is 2. The van der Waals surface area contributed by atoms with Gasteiger partial charge in [-0.05, 0) is 24.3 Å². The number of amides is 1. The molecule has 24 heavy (non-hydrogen) atoms. The van der Waals surface area contributed by atoms with E-state index < -0.39 is 18.5 Å². The van der Waals surface area contributed by atoms with Gasteiger partial charge in [0.2, 0.25) is 0 Å². The number of carboxylic acids is 1. The number of nitrogens with zero attached hydrogens (tertiary/aromatic N) is 1. The van der Waals surface area contributed by atoms with Crippen molar-refractivity contribution >= 4 is 23.6 Å². The van der Waals surface area contributed by atoms with E-state index in [2.05, 4.69) is 5.32 Å². The zero-order valence-corrected chi connectivity index (χ0v) is 12.6. The van der Waals surface area contributed by atoms with E-state index >= 15 is 0 Å². The van der Waals surface area contributed by atoms with Crippen LogP contribution in [-0.4, -0.2) is 23.6 Å². The molecule has 0 bridgehead atoms. The Hall–Kier alpha value is -3.59. The molecule has 0 aromatic heterocycles. The van der Waals surface area contributed by atoms with Gasteiger partial charge in [0.25, 0.3) is 5.91 Å². The highest BCUT2D eigenvalue weighted by Crippen LogP contribution is 2.21. The lowest BCUT2D eigenvalue weighted by molar-refractivity contribution is -0.139. The van der Waals surface area contributed by atoms with Crippen molar-refractivity contribution in [2.24, 2.45) is 0 Å². The van der Waals surface area contributed by atoms with E-state index in [-0.39, 0.29) is 11.3 Å². The third kappa shape index (κ3) is 4.71. The van der Waals surface area contributed by atoms with Gasteiger partial charge in [-0.3, -0.25) is 4.79 Å². The zero-order chi connectivity index (χ0) is 17.4. The molecule has 0 aliphatic carbocycles. The number of hydrogen-bond donors (Lipinski definition) is 2. The molecular weight excluding hydrogens is 308 g/mol. The number of nitriles is 1. The third-order valence-corrected chi connectivity index (χ3v) is 2.97. The topological polar surface area (TPSA) is 99.4 Å². The van der Waals surface area contributed by atoms with Crippen molar-refractivity contribution in [2.45, 2.75) is 0 Å². The van der Waals surface area contributed by atoms with Crippen LogP contribution in [0.3, 0.4) is 0 Å². The van der Waals surface area contributed by atoms with Crippen LogP contribution in [0.15, 0.2) is 60.2 Å². The maximum atomic E-state index is 12.2. The van der Waals surface area contributed by atoms with Gasteiger partial charge in [-0.15, -0.1) is 0 Å². The fourth-order valence-corrected chi connectivity index (χ4v) is 1.89. The summed E-state index contributed by atoms with van der Waals surface area (Å²) in [4.78, 5) is 22.8. The van der Waals surface area contributed by atoms with Crippen molar-refractivity contribution in [1.29, 1.82) is 5.26 Å². The smallest absolute Gasteiger partial charge is 0.341 e. The van der Waals surface area contributed by atoms with Gasteiger partial charge in [0, 0.05) is 11.3 Å². The van der Waals surface area contributed by atoms with Crippen LogP contribution in [0, 0.1) is 11.3 Å². The highest BCUT2D eigenvalue weighted by atomic mass is 16.5. The summed E-state index contributed by atoms with van der Waals surface area (Å²) in [5.74, 6) is -1.40. The van der Waals surface area contributed by atoms with E-state index in [0.29, 0.717) is 11.3 Å². The number of carboxylic acid groups (broad SMARTS) is 1. The summed E-state index contributed by atoms with van der Waals surface area (Å²) >= 11 is 0. The predicted molar refractivity (Wildman–Crippen MR) is 88.2 cm³/mol. The molecular formula is C18H14N2O4. The lowest BCUT2D eigenvalue weighted by Gasteiger charge is -2.08. The van der Waals surface area contributed by atoms with E-state index in [1.54, 1.807) is 48.5 Å². The Balaban J connectivity index is 2.22. The van der Waals surface area contributed by atoms with Gasteiger partial charge in [-0.25, -0.2) is 4.79 Å². The molecule has 120 valence electrons. The van der Waals surface area contributed by atoms with Crippen LogP contribution in [-0.2, 0) is 9.59 Å². The molecule has 2 N–H and O–H groups in total. The van der Waals surface area contributed by atoms with Gasteiger partial charge >= 0.3 is 5.97 Å². The minimum absolute atomic E-state index is 0.120. The van der Waals surface area contributed by atoms with Gasteiger partial charge < -0.3 is 15.2 Å². The molecule has 1 amide bonds. The van der Waals surface area contributed by atoms with Crippen LogP contribution < -0.4 is 10.1 Å². The minimum Gasteiger partial charge on any atom is -0.481 e. The molecule has 0 aliphatic heterocycles. The molecule has 0 aliphatic rings. The van der Waals surface area contributed by atoms with E-state index in [9.17, 15) is 14.9 Å². The second kappa shape index (κ2) is 8.15. The summed E-state index contributed by atoms with van der Waals surface area (Å²) < 4.78 is 5.16. The van der Waals surface area contributed by atoms with Crippen LogP contribution in [0.5, 0.6) is 5.75 Å². The first-order valence-electron chi connectivity index (χ1n) is 7.02. The van der Waals surface area contributed by atoms with Crippen LogP contribution in [0.25, 0.3) is 6.08 Å². The average Bonchev–Trinajstić information content (AvgIpc) is 2.59. The second-order valence-corrected chi connectivity index (χ2v) is 4.71. The van der Waals surface area contributed by atoms with E-state index in [1.807, 2.05) is 12.1 Å². The maximum absolute atomic E-state index is 12.2. The Morgan fingerprint density at radius 3 is 2.46 bits per heavy atom. The van der Waals surface area contributed by atoms with Gasteiger partial charge in [-0.1, -0.05) is 36.4 Å². The Labute approximate surface area is 138 Å². The highest BCUT2D eigenvalue weighted by molar-refractivity contribution is 6.09. The number of hydrogen-bond acceptors (Lipinski definition) is 4. The summed E-state index contributed by atoms with van der Waals surface area (Å²) in [5, 5.41) is 20.5. The number of rotatable bonds is 6. The molecule has 6 heteroatoms. The Kier molecular flexibility index (Phi) is 5.70. The number of nitrogens with one attached hydrogen (secondary N) is 1. The molecule has 2 aromatic rings. The number of aliphatic carboxylic acids is 1. The van der Waals surface area contributed by atoms with Crippen molar-refractivity contribution in [3.63, 3.8) is 0 Å². The van der Waals surface area contributed by atoms with Gasteiger partial charge in [0.1, 0.15) is 17.4 Å². The summed E-state index contributed by atoms with van der Waals surface area (Å²) in [7, 11) is 0. The molecule has 0 spiro atoms. The molecule has 0 fully saturated rings. The van der Waals surface area contributed by atoms with Crippen molar-refractivity contribution in [1.82, 2.24) is 0 Å². The fraction of sp³-hybridized carbons (Fsp3) is 0.0556. The molecule has 0 saturated heterocycles. The van der Waals surface area contributed by atoms with Crippen molar-refractivity contribution in [3.05, 3.63) is 65.7 Å². The first-order valence-corrected chi connectivity index (χ1v) is 7.02. The predicted octanol–water partition coefficient (Wildman–Crippen LogP) is 2.70. The number of carbonyl (C=O) groups excluding carboxylic acids is 1. The number of para-hydroxylation sites is 2. The van der Waals surface area contributed by atoms with Crippen molar-refractivity contribution in [2.75, 3.05) is 11.9 Å². The number of benzene rings is 2. The monoisotopic (exact) mass is 322 g/mol. The fourth-order valence-electron chi connectivity index (χ4n) is 1.89. The maximum Gasteiger partial charge on any atom is 0.341 e. The first-order chi connectivity index (χ1) is 11.6. The standard InChI is InChI=1S/C18H14N2O4/c19-11-14(18(23)20-15-7-2-1-3-8-15)10-13-6-4-5-9-16(13)24-12-17(21)22/h1-10H,12H2,(H,20,23)(H,21,22)/b14-10-.